The van der Waals surface area contributed by atoms with Crippen molar-refractivity contribution in [1.82, 2.24) is 15.0 Å². The molecule has 0 N–H and O–H groups in total. The number of nitrogens with zero attached hydrogens (tertiary/aromatic N) is 3. The molecule has 0 radical (unpaired) electrons. The van der Waals surface area contributed by atoms with Crippen molar-refractivity contribution >= 4 is 32.8 Å². The molecule has 0 aliphatic rings. The quantitative estimate of drug-likeness (QED) is 0.454. The fraction of sp³-hybridized carbons (Fsp3) is 0. The summed E-state index contributed by atoms with van der Waals surface area (Å²) in [5, 5.41) is 3.08. The summed E-state index contributed by atoms with van der Waals surface area (Å²) >= 11 is 0. The van der Waals surface area contributed by atoms with Crippen LogP contribution in [0.2, 0.25) is 0 Å². The zero-order chi connectivity index (χ0) is 15.2. The second kappa shape index (κ2) is 4.61. The van der Waals surface area contributed by atoms with Gasteiger partial charge < -0.3 is 4.42 Å². The highest BCUT2D eigenvalue weighted by molar-refractivity contribution is 6.05. The maximum atomic E-state index is 5.94. The predicted molar refractivity (Wildman–Crippen MR) is 90.0 cm³/mol. The number of para-hydroxylation sites is 1. The molecular formula is C19H11N3O. The van der Waals surface area contributed by atoms with Crippen molar-refractivity contribution in [3.63, 3.8) is 0 Å². The van der Waals surface area contributed by atoms with Crippen LogP contribution < -0.4 is 0 Å². The average molecular weight is 297 g/mol. The third kappa shape index (κ3) is 1.82. The zero-order valence-corrected chi connectivity index (χ0v) is 12.1. The van der Waals surface area contributed by atoms with Gasteiger partial charge in [0, 0.05) is 40.8 Å². The molecular weight excluding hydrogens is 286 g/mol. The Bertz CT molecular complexity index is 1170. The summed E-state index contributed by atoms with van der Waals surface area (Å²) < 4.78 is 5.94. The van der Waals surface area contributed by atoms with E-state index in [1.165, 1.54) is 0 Å². The van der Waals surface area contributed by atoms with E-state index in [4.69, 9.17) is 4.42 Å². The fourth-order valence-electron chi connectivity index (χ4n) is 2.96. The van der Waals surface area contributed by atoms with E-state index in [0.29, 0.717) is 0 Å². The molecule has 23 heavy (non-hydrogen) atoms. The van der Waals surface area contributed by atoms with E-state index in [-0.39, 0.29) is 0 Å². The lowest BCUT2D eigenvalue weighted by Crippen LogP contribution is -1.90. The maximum Gasteiger partial charge on any atom is 0.139 e. The molecule has 0 aliphatic heterocycles. The summed E-state index contributed by atoms with van der Waals surface area (Å²) in [4.78, 5) is 13.5. The summed E-state index contributed by atoms with van der Waals surface area (Å²) in [6.07, 6.45) is 5.39. The van der Waals surface area contributed by atoms with Gasteiger partial charge in [0.1, 0.15) is 11.2 Å². The molecule has 1 aromatic carbocycles. The molecule has 5 aromatic rings. The van der Waals surface area contributed by atoms with E-state index < -0.39 is 0 Å². The molecule has 4 nitrogen and oxygen atoms in total. The molecule has 108 valence electrons. The SMILES string of the molecule is c1ccc2c(c1)oc1cc(-c3nccc4ncccc34)ncc12. The summed E-state index contributed by atoms with van der Waals surface area (Å²) in [6.45, 7) is 0. The third-order valence-corrected chi connectivity index (χ3v) is 4.04. The predicted octanol–water partition coefficient (Wildman–Crippen LogP) is 4.59. The standard InChI is InChI=1S/C19H11N3O/c1-2-6-17-12(4-1)14-11-22-16(10-18(14)23-17)19-13-5-3-8-20-15(13)7-9-21-19/h1-11H. The molecule has 0 saturated heterocycles. The number of hydrogen-bond donors (Lipinski definition) is 0. The third-order valence-electron chi connectivity index (χ3n) is 4.04. The summed E-state index contributed by atoms with van der Waals surface area (Å²) in [5.41, 5.74) is 4.20. The molecule has 0 atom stereocenters. The van der Waals surface area contributed by atoms with E-state index >= 15 is 0 Å². The van der Waals surface area contributed by atoms with Gasteiger partial charge in [-0.15, -0.1) is 0 Å². The highest BCUT2D eigenvalue weighted by Crippen LogP contribution is 2.31. The minimum atomic E-state index is 0.787. The monoisotopic (exact) mass is 297 g/mol. The van der Waals surface area contributed by atoms with Crippen LogP contribution in [0, 0.1) is 0 Å². The molecule has 4 aromatic heterocycles. The largest absolute Gasteiger partial charge is 0.456 e. The maximum absolute atomic E-state index is 5.94. The van der Waals surface area contributed by atoms with Gasteiger partial charge in [0.25, 0.3) is 0 Å². The summed E-state index contributed by atoms with van der Waals surface area (Å²) in [5.74, 6) is 0. The van der Waals surface area contributed by atoms with Gasteiger partial charge in [-0.05, 0) is 24.3 Å². The second-order valence-corrected chi connectivity index (χ2v) is 5.39. The first-order chi connectivity index (χ1) is 11.4. The van der Waals surface area contributed by atoms with Crippen molar-refractivity contribution < 1.29 is 4.42 Å². The van der Waals surface area contributed by atoms with Gasteiger partial charge in [-0.25, -0.2) is 0 Å². The van der Waals surface area contributed by atoms with Crippen LogP contribution in [0.1, 0.15) is 0 Å². The number of furan rings is 1. The van der Waals surface area contributed by atoms with Crippen LogP contribution in [0.25, 0.3) is 44.2 Å². The first-order valence-corrected chi connectivity index (χ1v) is 7.37. The van der Waals surface area contributed by atoms with E-state index in [0.717, 1.165) is 44.2 Å². The number of fused-ring (bicyclic) bond motifs is 4. The summed E-state index contributed by atoms with van der Waals surface area (Å²) in [6, 6.07) is 15.8. The Kier molecular flexibility index (Phi) is 2.46. The van der Waals surface area contributed by atoms with Gasteiger partial charge >= 0.3 is 0 Å². The van der Waals surface area contributed by atoms with Crippen molar-refractivity contribution in [2.45, 2.75) is 0 Å². The smallest absolute Gasteiger partial charge is 0.139 e. The van der Waals surface area contributed by atoms with Gasteiger partial charge in [0.15, 0.2) is 0 Å². The van der Waals surface area contributed by atoms with Crippen LogP contribution in [-0.2, 0) is 0 Å². The van der Waals surface area contributed by atoms with Crippen molar-refractivity contribution in [2.24, 2.45) is 0 Å². The Balaban J connectivity index is 1.81. The molecule has 4 heterocycles. The van der Waals surface area contributed by atoms with Crippen LogP contribution in [0.5, 0.6) is 0 Å². The molecule has 0 spiro atoms. The fourth-order valence-corrected chi connectivity index (χ4v) is 2.96. The van der Waals surface area contributed by atoms with Gasteiger partial charge in [0.2, 0.25) is 0 Å². The van der Waals surface area contributed by atoms with Crippen molar-refractivity contribution in [3.05, 3.63) is 67.1 Å². The van der Waals surface area contributed by atoms with Gasteiger partial charge in [-0.3, -0.25) is 15.0 Å². The van der Waals surface area contributed by atoms with E-state index in [9.17, 15) is 0 Å². The number of benzene rings is 1. The van der Waals surface area contributed by atoms with Crippen LogP contribution in [0.15, 0.2) is 71.5 Å². The molecule has 5 rings (SSSR count). The van der Waals surface area contributed by atoms with Crippen LogP contribution in [-0.4, -0.2) is 15.0 Å². The number of hydrogen-bond acceptors (Lipinski definition) is 4. The topological polar surface area (TPSA) is 51.8 Å². The molecule has 0 saturated carbocycles. The minimum absolute atomic E-state index is 0.787. The van der Waals surface area contributed by atoms with E-state index in [1.807, 2.05) is 54.7 Å². The molecule has 0 unspecified atom stereocenters. The Labute approximate surface area is 131 Å². The Morgan fingerprint density at radius 1 is 0.696 bits per heavy atom. The molecule has 0 amide bonds. The first kappa shape index (κ1) is 12.3. The molecule has 0 fully saturated rings. The number of pyridine rings is 3. The van der Waals surface area contributed by atoms with Gasteiger partial charge in [-0.2, -0.15) is 0 Å². The lowest BCUT2D eigenvalue weighted by atomic mass is 10.1. The molecule has 0 aliphatic carbocycles. The highest BCUT2D eigenvalue weighted by atomic mass is 16.3. The van der Waals surface area contributed by atoms with Gasteiger partial charge in [-0.1, -0.05) is 18.2 Å². The first-order valence-electron chi connectivity index (χ1n) is 7.37. The van der Waals surface area contributed by atoms with Gasteiger partial charge in [0.05, 0.1) is 16.9 Å². The molecule has 0 bridgehead atoms. The van der Waals surface area contributed by atoms with Crippen LogP contribution in [0.3, 0.4) is 0 Å². The lowest BCUT2D eigenvalue weighted by molar-refractivity contribution is 0.668. The second-order valence-electron chi connectivity index (χ2n) is 5.39. The molecule has 4 heteroatoms. The van der Waals surface area contributed by atoms with E-state index in [1.54, 1.807) is 12.4 Å². The Morgan fingerprint density at radius 2 is 1.61 bits per heavy atom. The Morgan fingerprint density at radius 3 is 2.61 bits per heavy atom. The van der Waals surface area contributed by atoms with E-state index in [2.05, 4.69) is 15.0 Å². The van der Waals surface area contributed by atoms with Crippen molar-refractivity contribution in [2.75, 3.05) is 0 Å². The Hall–Kier alpha value is -3.27. The summed E-state index contributed by atoms with van der Waals surface area (Å²) in [7, 11) is 0. The normalized spacial score (nSPS) is 11.5. The minimum Gasteiger partial charge on any atom is -0.456 e. The zero-order valence-electron chi connectivity index (χ0n) is 12.1. The number of rotatable bonds is 1. The average Bonchev–Trinajstić information content (AvgIpc) is 2.99. The van der Waals surface area contributed by atoms with Crippen molar-refractivity contribution in [1.29, 1.82) is 0 Å². The number of aromatic nitrogens is 3. The van der Waals surface area contributed by atoms with Crippen LogP contribution >= 0.6 is 0 Å². The lowest BCUT2D eigenvalue weighted by Gasteiger charge is -2.04. The highest BCUT2D eigenvalue weighted by Gasteiger charge is 2.11. The van der Waals surface area contributed by atoms with Crippen molar-refractivity contribution in [3.8, 4) is 11.4 Å². The van der Waals surface area contributed by atoms with Crippen LogP contribution in [0.4, 0.5) is 0 Å².